The average molecular weight is 369 g/mol. The highest BCUT2D eigenvalue weighted by atomic mass is 32.2. The van der Waals surface area contributed by atoms with E-state index in [0.717, 1.165) is 17.3 Å². The van der Waals surface area contributed by atoms with Gasteiger partial charge in [0.1, 0.15) is 0 Å². The van der Waals surface area contributed by atoms with Gasteiger partial charge in [-0.1, -0.05) is 43.3 Å². The van der Waals surface area contributed by atoms with Gasteiger partial charge < -0.3 is 5.84 Å². The number of nitrogens with zero attached hydrogens (tertiary/aromatic N) is 3. The Bertz CT molecular complexity index is 829. The van der Waals surface area contributed by atoms with Crippen LogP contribution in [-0.4, -0.2) is 35.0 Å². The first-order chi connectivity index (χ1) is 11.2. The van der Waals surface area contributed by atoms with E-state index in [1.54, 1.807) is 12.1 Å². The van der Waals surface area contributed by atoms with Crippen molar-refractivity contribution < 1.29 is 13.2 Å². The van der Waals surface area contributed by atoms with E-state index in [2.05, 4.69) is 10.2 Å². The Kier molecular flexibility index (Phi) is 5.50. The van der Waals surface area contributed by atoms with E-state index < -0.39 is 15.9 Å². The summed E-state index contributed by atoms with van der Waals surface area (Å²) < 4.78 is 27.6. The fourth-order valence-corrected chi connectivity index (χ4v) is 3.61. The number of benzene rings is 1. The van der Waals surface area contributed by atoms with Crippen LogP contribution < -0.4 is 10.6 Å². The third-order valence-corrected chi connectivity index (χ3v) is 5.45. The second-order valence-electron chi connectivity index (χ2n) is 5.50. The van der Waals surface area contributed by atoms with E-state index in [9.17, 15) is 13.2 Å². The molecule has 0 aliphatic heterocycles. The normalized spacial score (nSPS) is 11.7. The molecule has 3 N–H and O–H groups in total. The average Bonchev–Trinajstić information content (AvgIpc) is 2.86. The molecule has 0 saturated heterocycles. The summed E-state index contributed by atoms with van der Waals surface area (Å²) in [5.74, 6) is 5.72. The van der Waals surface area contributed by atoms with E-state index in [4.69, 9.17) is 5.84 Å². The number of nitrogen functional groups attached to an aromatic ring is 1. The van der Waals surface area contributed by atoms with Gasteiger partial charge >= 0.3 is 0 Å². The Hall–Kier alpha value is -2.07. The van der Waals surface area contributed by atoms with Crippen LogP contribution in [0.4, 0.5) is 0 Å². The molecule has 1 aromatic carbocycles. The van der Waals surface area contributed by atoms with Crippen molar-refractivity contribution in [3.05, 3.63) is 35.7 Å². The van der Waals surface area contributed by atoms with Gasteiger partial charge in [0.25, 0.3) is 10.0 Å². The zero-order valence-electron chi connectivity index (χ0n) is 13.6. The van der Waals surface area contributed by atoms with Gasteiger partial charge in [-0.2, -0.15) is 0 Å². The topological polar surface area (TPSA) is 120 Å². The molecule has 0 bridgehead atoms. The lowest BCUT2D eigenvalue weighted by Gasteiger charge is -2.07. The second-order valence-corrected chi connectivity index (χ2v) is 8.12. The summed E-state index contributed by atoms with van der Waals surface area (Å²) in [5.41, 5.74) is 0.930. The summed E-state index contributed by atoms with van der Waals surface area (Å²) in [4.78, 5) is 12.0. The Morgan fingerprint density at radius 3 is 2.46 bits per heavy atom. The molecular formula is C14H19N5O3S2. The predicted octanol–water partition coefficient (Wildman–Crippen LogP) is 1.02. The molecule has 0 fully saturated rings. The summed E-state index contributed by atoms with van der Waals surface area (Å²) in [6.07, 6.45) is 0. The molecule has 1 aromatic heterocycles. The number of carbonyl (C=O) groups is 1. The highest BCUT2D eigenvalue weighted by Gasteiger charge is 2.19. The van der Waals surface area contributed by atoms with Crippen molar-refractivity contribution in [3.63, 3.8) is 0 Å². The van der Waals surface area contributed by atoms with Crippen molar-refractivity contribution in [2.45, 2.75) is 36.7 Å². The molecule has 0 aliphatic carbocycles. The van der Waals surface area contributed by atoms with Crippen molar-refractivity contribution in [2.75, 3.05) is 11.6 Å². The third kappa shape index (κ3) is 4.26. The maximum atomic E-state index is 12.1. The van der Waals surface area contributed by atoms with Crippen LogP contribution in [-0.2, 0) is 14.8 Å². The van der Waals surface area contributed by atoms with Crippen LogP contribution in [0.15, 0.2) is 34.3 Å². The largest absolute Gasteiger partial charge is 0.336 e. The molecule has 130 valence electrons. The van der Waals surface area contributed by atoms with Crippen molar-refractivity contribution in [3.8, 4) is 0 Å². The SMILES string of the molecule is Cc1ccc(S(=O)(=O)NC(=O)CSc2nnc(C(C)C)n2N)cc1. The molecule has 0 unspecified atom stereocenters. The number of aryl methyl sites for hydroxylation is 1. The van der Waals surface area contributed by atoms with E-state index >= 15 is 0 Å². The number of hydrogen-bond acceptors (Lipinski definition) is 7. The van der Waals surface area contributed by atoms with Crippen LogP contribution in [0.5, 0.6) is 0 Å². The molecule has 24 heavy (non-hydrogen) atoms. The maximum Gasteiger partial charge on any atom is 0.264 e. The van der Waals surface area contributed by atoms with Gasteiger partial charge in [-0.15, -0.1) is 10.2 Å². The Balaban J connectivity index is 1.99. The quantitative estimate of drug-likeness (QED) is 0.576. The molecule has 0 atom stereocenters. The van der Waals surface area contributed by atoms with Crippen LogP contribution in [0.2, 0.25) is 0 Å². The number of aromatic nitrogens is 3. The minimum Gasteiger partial charge on any atom is -0.336 e. The molecule has 2 aromatic rings. The lowest BCUT2D eigenvalue weighted by Crippen LogP contribution is -2.32. The second kappa shape index (κ2) is 7.22. The number of hydrogen-bond donors (Lipinski definition) is 2. The predicted molar refractivity (Wildman–Crippen MR) is 91.5 cm³/mol. The van der Waals surface area contributed by atoms with Gasteiger partial charge in [-0.05, 0) is 19.1 Å². The van der Waals surface area contributed by atoms with Gasteiger partial charge in [-0.3, -0.25) is 4.79 Å². The van der Waals surface area contributed by atoms with Gasteiger partial charge in [-0.25, -0.2) is 17.8 Å². The number of carbonyl (C=O) groups excluding carboxylic acids is 1. The maximum absolute atomic E-state index is 12.1. The molecule has 0 saturated carbocycles. The highest BCUT2D eigenvalue weighted by Crippen LogP contribution is 2.18. The molecule has 1 heterocycles. The van der Waals surface area contributed by atoms with Crippen LogP contribution in [0.3, 0.4) is 0 Å². The fourth-order valence-electron chi connectivity index (χ4n) is 1.87. The molecular weight excluding hydrogens is 350 g/mol. The first-order valence-corrected chi connectivity index (χ1v) is 9.63. The van der Waals surface area contributed by atoms with Crippen LogP contribution >= 0.6 is 11.8 Å². The summed E-state index contributed by atoms with van der Waals surface area (Å²) in [6.45, 7) is 5.69. The number of amides is 1. The molecule has 0 spiro atoms. The van der Waals surface area contributed by atoms with Gasteiger partial charge in [0.2, 0.25) is 11.1 Å². The first kappa shape index (κ1) is 18.3. The molecule has 8 nitrogen and oxygen atoms in total. The summed E-state index contributed by atoms with van der Waals surface area (Å²) in [5, 5.41) is 8.18. The third-order valence-electron chi connectivity index (χ3n) is 3.12. The molecule has 0 radical (unpaired) electrons. The summed E-state index contributed by atoms with van der Waals surface area (Å²) in [7, 11) is -3.89. The lowest BCUT2D eigenvalue weighted by atomic mass is 10.2. The first-order valence-electron chi connectivity index (χ1n) is 7.16. The van der Waals surface area contributed by atoms with Crippen molar-refractivity contribution in [1.29, 1.82) is 0 Å². The van der Waals surface area contributed by atoms with Crippen LogP contribution in [0.1, 0.15) is 31.2 Å². The molecule has 2 rings (SSSR count). The van der Waals surface area contributed by atoms with Crippen LogP contribution in [0.25, 0.3) is 0 Å². The Morgan fingerprint density at radius 1 is 1.29 bits per heavy atom. The van der Waals surface area contributed by atoms with E-state index in [0.29, 0.717) is 11.0 Å². The number of nitrogens with two attached hydrogens (primary N) is 1. The van der Waals surface area contributed by atoms with E-state index in [-0.39, 0.29) is 16.6 Å². The number of rotatable bonds is 6. The molecule has 10 heteroatoms. The van der Waals surface area contributed by atoms with Crippen LogP contribution in [0, 0.1) is 6.92 Å². The molecule has 1 amide bonds. The van der Waals surface area contributed by atoms with Crippen molar-refractivity contribution in [1.82, 2.24) is 19.6 Å². The fraction of sp³-hybridized carbons (Fsp3) is 0.357. The van der Waals surface area contributed by atoms with Gasteiger partial charge in [0.15, 0.2) is 5.82 Å². The number of nitrogens with one attached hydrogen (secondary N) is 1. The molecule has 0 aliphatic rings. The number of thioether (sulfide) groups is 1. The number of sulfonamides is 1. The standard InChI is InChI=1S/C14H19N5O3S2/c1-9(2)13-16-17-14(19(13)15)23-8-12(20)18-24(21,22)11-6-4-10(3)5-7-11/h4-7,9H,8,15H2,1-3H3,(H,18,20). The minimum atomic E-state index is -3.89. The summed E-state index contributed by atoms with van der Waals surface area (Å²) in [6, 6.07) is 6.23. The zero-order valence-corrected chi connectivity index (χ0v) is 15.2. The monoisotopic (exact) mass is 369 g/mol. The zero-order chi connectivity index (χ0) is 17.9. The van der Waals surface area contributed by atoms with E-state index in [1.807, 2.05) is 25.5 Å². The van der Waals surface area contributed by atoms with E-state index in [1.165, 1.54) is 16.8 Å². The van der Waals surface area contributed by atoms with Crippen molar-refractivity contribution >= 4 is 27.7 Å². The Morgan fingerprint density at radius 2 is 1.92 bits per heavy atom. The highest BCUT2D eigenvalue weighted by molar-refractivity contribution is 8.00. The minimum absolute atomic E-state index is 0.0375. The lowest BCUT2D eigenvalue weighted by molar-refractivity contribution is -0.116. The Labute approximate surface area is 144 Å². The smallest absolute Gasteiger partial charge is 0.264 e. The summed E-state index contributed by atoms with van der Waals surface area (Å²) >= 11 is 1.02. The van der Waals surface area contributed by atoms with Gasteiger partial charge in [0, 0.05) is 5.92 Å². The van der Waals surface area contributed by atoms with Gasteiger partial charge in [0.05, 0.1) is 10.6 Å². The van der Waals surface area contributed by atoms with Crippen molar-refractivity contribution in [2.24, 2.45) is 0 Å².